The van der Waals surface area contributed by atoms with E-state index in [4.69, 9.17) is 9.52 Å². The summed E-state index contributed by atoms with van der Waals surface area (Å²) in [6.45, 7) is 1.53. The molecule has 11 heavy (non-hydrogen) atoms. The van der Waals surface area contributed by atoms with Crippen LogP contribution in [0, 0.1) is 10.7 Å². The van der Waals surface area contributed by atoms with E-state index >= 15 is 0 Å². The summed E-state index contributed by atoms with van der Waals surface area (Å²) in [6.07, 6.45) is 3.63. The molecule has 0 amide bonds. The predicted molar refractivity (Wildman–Crippen MR) is 45.2 cm³/mol. The lowest BCUT2D eigenvalue weighted by atomic mass is 10.1. The largest absolute Gasteiger partial charge is 0.381 e. The molecule has 0 aromatic rings. The molecule has 1 N–H and O–H groups in total. The molecule has 4 heteroatoms. The van der Waals surface area contributed by atoms with Crippen molar-refractivity contribution >= 4 is 9.73 Å². The summed E-state index contributed by atoms with van der Waals surface area (Å²) in [5, 5.41) is 0. The van der Waals surface area contributed by atoms with Crippen LogP contribution < -0.4 is 0 Å². The Labute approximate surface area is 68.1 Å². The molecular weight excluding hydrogens is 162 g/mol. The molecule has 3 nitrogen and oxygen atoms in total. The van der Waals surface area contributed by atoms with Crippen molar-refractivity contribution in [2.45, 2.75) is 12.8 Å². The van der Waals surface area contributed by atoms with Crippen LogP contribution in [0.1, 0.15) is 12.8 Å². The molecule has 1 saturated heterocycles. The first-order valence-electron chi connectivity index (χ1n) is 3.87. The Morgan fingerprint density at radius 1 is 1.73 bits per heavy atom. The van der Waals surface area contributed by atoms with E-state index in [1.54, 1.807) is 0 Å². The molecule has 0 spiro atoms. The van der Waals surface area contributed by atoms with Gasteiger partial charge in [-0.15, -0.1) is 0 Å². The van der Waals surface area contributed by atoms with Crippen molar-refractivity contribution in [3.8, 4) is 0 Å². The molecule has 0 aromatic carbocycles. The normalized spacial score (nSPS) is 31.2. The van der Waals surface area contributed by atoms with Crippen molar-refractivity contribution < 1.29 is 8.95 Å². The minimum absolute atomic E-state index is 0.360. The van der Waals surface area contributed by atoms with Crippen molar-refractivity contribution in [1.82, 2.24) is 0 Å². The van der Waals surface area contributed by atoms with Gasteiger partial charge in [0, 0.05) is 28.3 Å². The molecule has 0 bridgehead atoms. The molecule has 1 aliphatic rings. The van der Waals surface area contributed by atoms with E-state index in [0.717, 1.165) is 19.4 Å². The van der Waals surface area contributed by atoms with E-state index in [-0.39, 0.29) is 0 Å². The molecule has 0 aromatic heterocycles. The summed E-state index contributed by atoms with van der Waals surface area (Å²) < 4.78 is 23.5. The third-order valence-electron chi connectivity index (χ3n) is 1.81. The van der Waals surface area contributed by atoms with Crippen molar-refractivity contribution in [1.29, 1.82) is 4.78 Å². The van der Waals surface area contributed by atoms with Gasteiger partial charge in [-0.3, -0.25) is 8.99 Å². The average Bonchev–Trinajstić information content (AvgIpc) is 1.85. The molecule has 66 valence electrons. The SMILES string of the molecule is CS(=N)(=O)CC1CCCOC1. The third-order valence-corrected chi connectivity index (χ3v) is 2.92. The molecule has 1 aliphatic heterocycles. The highest BCUT2D eigenvalue weighted by atomic mass is 32.2. The van der Waals surface area contributed by atoms with Gasteiger partial charge in [-0.25, -0.2) is 0 Å². The Morgan fingerprint density at radius 2 is 2.45 bits per heavy atom. The Bertz CT molecular complexity index is 204. The van der Waals surface area contributed by atoms with Crippen LogP contribution in [-0.4, -0.2) is 29.4 Å². The second-order valence-electron chi connectivity index (χ2n) is 3.25. The van der Waals surface area contributed by atoms with Crippen LogP contribution in [0.15, 0.2) is 0 Å². The van der Waals surface area contributed by atoms with Crippen molar-refractivity contribution in [3.63, 3.8) is 0 Å². The van der Waals surface area contributed by atoms with Crippen LogP contribution in [-0.2, 0) is 14.5 Å². The highest BCUT2D eigenvalue weighted by molar-refractivity contribution is 7.91. The maximum absolute atomic E-state index is 11.1. The summed E-state index contributed by atoms with van der Waals surface area (Å²) in [7, 11) is -2.30. The standard InChI is InChI=1S/C7H15NO2S/c1-11(8,9)6-7-3-2-4-10-5-7/h7-8H,2-6H2,1H3. The predicted octanol–water partition coefficient (Wildman–Crippen LogP) is 1.09. The van der Waals surface area contributed by atoms with Gasteiger partial charge in [0.1, 0.15) is 0 Å². The average molecular weight is 177 g/mol. The molecule has 1 rings (SSSR count). The number of hydrogen-bond acceptors (Lipinski definition) is 3. The summed E-state index contributed by atoms with van der Waals surface area (Å²) in [6, 6.07) is 0. The topological polar surface area (TPSA) is 50.2 Å². The van der Waals surface area contributed by atoms with Crippen LogP contribution in [0.4, 0.5) is 0 Å². The molecule has 1 fully saturated rings. The monoisotopic (exact) mass is 177 g/mol. The lowest BCUT2D eigenvalue weighted by Gasteiger charge is -2.21. The second kappa shape index (κ2) is 3.54. The molecule has 0 radical (unpaired) electrons. The Balaban J connectivity index is 2.36. The lowest BCUT2D eigenvalue weighted by Crippen LogP contribution is -2.23. The Hall–Kier alpha value is -0.0900. The number of ether oxygens (including phenoxy) is 1. The molecule has 0 aliphatic carbocycles. The Morgan fingerprint density at radius 3 is 2.91 bits per heavy atom. The highest BCUT2D eigenvalue weighted by Crippen LogP contribution is 2.14. The van der Waals surface area contributed by atoms with E-state index in [9.17, 15) is 4.21 Å². The lowest BCUT2D eigenvalue weighted by molar-refractivity contribution is 0.0628. The summed E-state index contributed by atoms with van der Waals surface area (Å²) in [5.41, 5.74) is 0. The van der Waals surface area contributed by atoms with Crippen LogP contribution in [0.3, 0.4) is 0 Å². The van der Waals surface area contributed by atoms with E-state index in [2.05, 4.69) is 0 Å². The van der Waals surface area contributed by atoms with Crippen LogP contribution in [0.5, 0.6) is 0 Å². The molecular formula is C7H15NO2S. The minimum Gasteiger partial charge on any atom is -0.381 e. The fourth-order valence-corrected chi connectivity index (χ4v) is 2.55. The molecule has 1 heterocycles. The Kier molecular flexibility index (Phi) is 2.90. The van der Waals surface area contributed by atoms with Crippen molar-refractivity contribution in [2.75, 3.05) is 25.2 Å². The van der Waals surface area contributed by atoms with E-state index in [1.165, 1.54) is 6.26 Å². The first-order valence-corrected chi connectivity index (χ1v) is 6.01. The fourth-order valence-electron chi connectivity index (χ4n) is 1.39. The summed E-state index contributed by atoms with van der Waals surface area (Å²) in [4.78, 5) is 0. The molecule has 0 saturated carbocycles. The van der Waals surface area contributed by atoms with Gasteiger partial charge in [-0.05, 0) is 18.8 Å². The second-order valence-corrected chi connectivity index (χ2v) is 5.60. The van der Waals surface area contributed by atoms with E-state index in [1.807, 2.05) is 0 Å². The van der Waals surface area contributed by atoms with Gasteiger partial charge in [-0.2, -0.15) is 0 Å². The quantitative estimate of drug-likeness (QED) is 0.686. The van der Waals surface area contributed by atoms with Crippen molar-refractivity contribution in [2.24, 2.45) is 5.92 Å². The van der Waals surface area contributed by atoms with Gasteiger partial charge < -0.3 is 4.74 Å². The van der Waals surface area contributed by atoms with Crippen LogP contribution in [0.2, 0.25) is 0 Å². The van der Waals surface area contributed by atoms with E-state index in [0.29, 0.717) is 18.3 Å². The van der Waals surface area contributed by atoms with Gasteiger partial charge in [0.25, 0.3) is 0 Å². The zero-order valence-electron chi connectivity index (χ0n) is 6.84. The fraction of sp³-hybridized carbons (Fsp3) is 1.00. The first kappa shape index (κ1) is 9.00. The zero-order valence-corrected chi connectivity index (χ0v) is 7.65. The van der Waals surface area contributed by atoms with Gasteiger partial charge >= 0.3 is 0 Å². The van der Waals surface area contributed by atoms with Gasteiger partial charge in [-0.1, -0.05) is 0 Å². The number of rotatable bonds is 2. The zero-order chi connectivity index (χ0) is 8.32. The minimum atomic E-state index is -2.30. The van der Waals surface area contributed by atoms with Crippen LogP contribution >= 0.6 is 0 Å². The van der Waals surface area contributed by atoms with Gasteiger partial charge in [0.15, 0.2) is 0 Å². The number of hydrogen-bond donors (Lipinski definition) is 1. The third kappa shape index (κ3) is 3.72. The van der Waals surface area contributed by atoms with Crippen LogP contribution in [0.25, 0.3) is 0 Å². The maximum atomic E-state index is 11.1. The van der Waals surface area contributed by atoms with Gasteiger partial charge in [0.2, 0.25) is 0 Å². The smallest absolute Gasteiger partial charge is 0.0503 e. The van der Waals surface area contributed by atoms with Gasteiger partial charge in [0.05, 0.1) is 6.61 Å². The van der Waals surface area contributed by atoms with Crippen molar-refractivity contribution in [3.05, 3.63) is 0 Å². The summed E-state index contributed by atoms with van der Waals surface area (Å²) in [5.74, 6) is 0.867. The maximum Gasteiger partial charge on any atom is 0.0503 e. The molecule has 2 unspecified atom stereocenters. The summed E-state index contributed by atoms with van der Waals surface area (Å²) >= 11 is 0. The number of nitrogens with one attached hydrogen (secondary N) is 1. The highest BCUT2D eigenvalue weighted by Gasteiger charge is 2.16. The first-order chi connectivity index (χ1) is 5.08. The van der Waals surface area contributed by atoms with E-state index < -0.39 is 9.73 Å². The molecule has 2 atom stereocenters.